The van der Waals surface area contributed by atoms with E-state index in [9.17, 15) is 0 Å². The van der Waals surface area contributed by atoms with Crippen LogP contribution in [0.3, 0.4) is 0 Å². The van der Waals surface area contributed by atoms with E-state index in [0.29, 0.717) is 36.8 Å². The van der Waals surface area contributed by atoms with Crippen LogP contribution < -0.4 is 20.7 Å². The molecule has 210 valence electrons. The van der Waals surface area contributed by atoms with Crippen molar-refractivity contribution in [3.8, 4) is 16.9 Å². The number of nitrogens with zero attached hydrogens (tertiary/aromatic N) is 4. The number of nitrogens with one attached hydrogen (secondary N) is 1. The maximum atomic E-state index is 15.4. The number of hydrogen-bond donors (Lipinski definition) is 2. The van der Waals surface area contributed by atoms with Gasteiger partial charge in [-0.2, -0.15) is 0 Å². The number of hydrogen-bond acceptors (Lipinski definition) is 7. The molecule has 2 aromatic heterocycles. The van der Waals surface area contributed by atoms with Crippen LogP contribution in [0.4, 0.5) is 21.6 Å². The number of methoxy groups -OCH3 is 1. The number of likely N-dealkylation sites (N-methyl/N-ethyl adjacent to an activating group) is 2. The Morgan fingerprint density at radius 2 is 2.00 bits per heavy atom. The molecule has 0 spiro atoms. The lowest BCUT2D eigenvalue weighted by Crippen LogP contribution is -2.29. The van der Waals surface area contributed by atoms with Gasteiger partial charge in [-0.25, -0.2) is 9.37 Å². The normalized spacial score (nSPS) is 13.2. The monoisotopic (exact) mass is 544 g/mol. The molecule has 0 atom stereocenters. The highest BCUT2D eigenvalue weighted by Gasteiger charge is 2.24. The van der Waals surface area contributed by atoms with Gasteiger partial charge in [0.1, 0.15) is 17.4 Å². The summed E-state index contributed by atoms with van der Waals surface area (Å²) in [4.78, 5) is 8.74. The van der Waals surface area contributed by atoms with Gasteiger partial charge in [-0.3, -0.25) is 0 Å². The molecule has 0 saturated carbocycles. The molecule has 8 nitrogen and oxygen atoms in total. The van der Waals surface area contributed by atoms with E-state index in [-0.39, 0.29) is 5.82 Å². The Hall–Kier alpha value is -4.08. The van der Waals surface area contributed by atoms with Crippen molar-refractivity contribution in [1.82, 2.24) is 14.5 Å². The van der Waals surface area contributed by atoms with E-state index in [2.05, 4.69) is 57.9 Å². The molecular weight excluding hydrogens is 507 g/mol. The lowest BCUT2D eigenvalue weighted by molar-refractivity contribution is 0.0869. The van der Waals surface area contributed by atoms with Gasteiger partial charge in [0.2, 0.25) is 0 Å². The summed E-state index contributed by atoms with van der Waals surface area (Å²) < 4.78 is 29.2. The first-order valence-corrected chi connectivity index (χ1v) is 13.5. The molecule has 0 bridgehead atoms. The van der Waals surface area contributed by atoms with Crippen molar-refractivity contribution in [3.63, 3.8) is 0 Å². The van der Waals surface area contributed by atoms with Gasteiger partial charge in [0.05, 0.1) is 37.9 Å². The number of benzene rings is 2. The van der Waals surface area contributed by atoms with Crippen LogP contribution in [0.1, 0.15) is 11.3 Å². The summed E-state index contributed by atoms with van der Waals surface area (Å²) in [5.74, 6) is 0.804. The maximum Gasteiger partial charge on any atom is 0.149 e. The van der Waals surface area contributed by atoms with Crippen molar-refractivity contribution < 1.29 is 13.9 Å². The number of nitrogens with two attached hydrogens (primary N) is 1. The number of allylic oxidation sites excluding steroid dienone is 1. The summed E-state index contributed by atoms with van der Waals surface area (Å²) in [7, 11) is 7.83. The fraction of sp³-hybridized carbons (Fsp3) is 0.323. The molecule has 0 radical (unpaired) electrons. The summed E-state index contributed by atoms with van der Waals surface area (Å²) in [6.07, 6.45) is 5.41. The van der Waals surface area contributed by atoms with Crippen molar-refractivity contribution in [3.05, 3.63) is 78.0 Å². The Kier molecular flexibility index (Phi) is 8.23. The predicted molar refractivity (Wildman–Crippen MR) is 160 cm³/mol. The number of para-hydroxylation sites is 1. The molecule has 9 heteroatoms. The summed E-state index contributed by atoms with van der Waals surface area (Å²) in [6.45, 7) is 3.57. The van der Waals surface area contributed by atoms with Gasteiger partial charge in [-0.05, 0) is 50.5 Å². The number of pyridine rings is 1. The predicted octanol–water partition coefficient (Wildman–Crippen LogP) is 5.14. The van der Waals surface area contributed by atoms with Crippen molar-refractivity contribution in [2.75, 3.05) is 58.2 Å². The molecular formula is C31H37FN6O2. The molecule has 0 fully saturated rings. The lowest BCUT2D eigenvalue weighted by Gasteiger charge is -2.26. The molecule has 2 aromatic carbocycles. The fourth-order valence-electron chi connectivity index (χ4n) is 5.29. The number of anilines is 3. The smallest absolute Gasteiger partial charge is 0.149 e. The molecule has 0 unspecified atom stereocenters. The molecule has 1 aliphatic rings. The third-order valence-corrected chi connectivity index (χ3v) is 7.33. The molecule has 0 saturated heterocycles. The Morgan fingerprint density at radius 3 is 2.77 bits per heavy atom. The van der Waals surface area contributed by atoms with Crippen molar-refractivity contribution >= 4 is 28.1 Å². The number of fused-ring (bicyclic) bond motifs is 3. The first kappa shape index (κ1) is 27.5. The molecule has 1 aliphatic heterocycles. The molecule has 40 heavy (non-hydrogen) atoms. The number of ether oxygens (including phenoxy) is 2. The summed E-state index contributed by atoms with van der Waals surface area (Å²) in [6, 6.07) is 13.9. The second-order valence-corrected chi connectivity index (χ2v) is 10.3. The highest BCUT2D eigenvalue weighted by molar-refractivity contribution is 5.98. The Balaban J connectivity index is 1.55. The first-order valence-electron chi connectivity index (χ1n) is 13.5. The third kappa shape index (κ3) is 5.48. The molecule has 5 rings (SSSR count). The lowest BCUT2D eigenvalue weighted by atomic mass is 10.0. The van der Waals surface area contributed by atoms with Crippen LogP contribution in [0.15, 0.2) is 60.9 Å². The number of halogens is 1. The van der Waals surface area contributed by atoms with Gasteiger partial charge < -0.3 is 34.9 Å². The number of aromatic nitrogens is 2. The Morgan fingerprint density at radius 1 is 1.18 bits per heavy atom. The zero-order chi connectivity index (χ0) is 28.2. The van der Waals surface area contributed by atoms with E-state index in [1.807, 2.05) is 30.3 Å². The summed E-state index contributed by atoms with van der Waals surface area (Å²) in [5, 5.41) is 4.39. The van der Waals surface area contributed by atoms with E-state index >= 15 is 4.39 Å². The van der Waals surface area contributed by atoms with E-state index in [1.165, 1.54) is 6.20 Å². The second kappa shape index (κ2) is 12.0. The van der Waals surface area contributed by atoms with E-state index in [0.717, 1.165) is 58.7 Å². The third-order valence-electron chi connectivity index (χ3n) is 7.33. The summed E-state index contributed by atoms with van der Waals surface area (Å²) >= 11 is 0. The van der Waals surface area contributed by atoms with Gasteiger partial charge >= 0.3 is 0 Å². The van der Waals surface area contributed by atoms with Crippen LogP contribution in [0.2, 0.25) is 0 Å². The van der Waals surface area contributed by atoms with Crippen molar-refractivity contribution in [2.45, 2.75) is 19.6 Å². The van der Waals surface area contributed by atoms with Crippen LogP contribution in [-0.4, -0.2) is 62.4 Å². The zero-order valence-corrected chi connectivity index (χ0v) is 23.6. The van der Waals surface area contributed by atoms with Crippen LogP contribution in [0, 0.1) is 5.82 Å². The molecule has 4 aromatic rings. The molecule has 3 N–H and O–H groups in total. The average molecular weight is 545 g/mol. The van der Waals surface area contributed by atoms with Gasteiger partial charge in [0, 0.05) is 60.5 Å². The minimum Gasteiger partial charge on any atom is -0.494 e. The maximum absolute atomic E-state index is 15.4. The largest absolute Gasteiger partial charge is 0.494 e. The van der Waals surface area contributed by atoms with Crippen LogP contribution in [0.5, 0.6) is 5.75 Å². The summed E-state index contributed by atoms with van der Waals surface area (Å²) in [5.41, 5.74) is 11.9. The molecule has 3 heterocycles. The highest BCUT2D eigenvalue weighted by atomic mass is 19.1. The quantitative estimate of drug-likeness (QED) is 0.286. The van der Waals surface area contributed by atoms with E-state index in [1.54, 1.807) is 19.4 Å². The fourth-order valence-corrected chi connectivity index (χ4v) is 5.29. The van der Waals surface area contributed by atoms with Crippen LogP contribution in [-0.2, 0) is 24.3 Å². The minimum atomic E-state index is -0.381. The average Bonchev–Trinajstić information content (AvgIpc) is 3.30. The van der Waals surface area contributed by atoms with Gasteiger partial charge in [0.15, 0.2) is 0 Å². The van der Waals surface area contributed by atoms with Gasteiger partial charge in [-0.15, -0.1) is 0 Å². The topological polar surface area (TPSA) is 80.8 Å². The SMILES string of the molecule is COc1cc(N(C)CCN(C)C)c(CC=CN)cc1Nc1cc(-c2c3n(c4ccccc24)CCOC3)c(F)cn1. The number of rotatable bonds is 10. The van der Waals surface area contributed by atoms with E-state index < -0.39 is 0 Å². The zero-order valence-electron chi connectivity index (χ0n) is 23.6. The Labute approximate surface area is 234 Å². The van der Waals surface area contributed by atoms with E-state index in [4.69, 9.17) is 15.2 Å². The Bertz CT molecular complexity index is 1530. The van der Waals surface area contributed by atoms with Crippen LogP contribution >= 0.6 is 0 Å². The second-order valence-electron chi connectivity index (χ2n) is 10.3. The standard InChI is InChI=1S/C31H37FN6O2/c1-36(2)12-13-37(3)27-18-29(39-4)25(16-21(27)8-7-11-33)35-30-17-23(24(32)19-34-30)31-22-9-5-6-10-26(22)38-14-15-40-20-28(31)38/h5-7,9-11,16-19H,8,12-15,20,33H2,1-4H3,(H,34,35). The molecule has 0 amide bonds. The van der Waals surface area contributed by atoms with Gasteiger partial charge in [-0.1, -0.05) is 24.3 Å². The van der Waals surface area contributed by atoms with Crippen molar-refractivity contribution in [2.24, 2.45) is 5.73 Å². The van der Waals surface area contributed by atoms with Gasteiger partial charge in [0.25, 0.3) is 0 Å². The van der Waals surface area contributed by atoms with Crippen LogP contribution in [0.25, 0.3) is 22.0 Å². The highest BCUT2D eigenvalue weighted by Crippen LogP contribution is 2.40. The minimum absolute atomic E-state index is 0.381. The first-order chi connectivity index (χ1) is 19.4. The van der Waals surface area contributed by atoms with Crippen molar-refractivity contribution in [1.29, 1.82) is 0 Å². The molecule has 0 aliphatic carbocycles.